The lowest BCUT2D eigenvalue weighted by molar-refractivity contribution is 0.194. The molecule has 1 nitrogen and oxygen atoms in total. The Bertz CT molecular complexity index is 296. The van der Waals surface area contributed by atoms with Crippen LogP contribution in [0.4, 0.5) is 4.39 Å². The molecule has 4 heteroatoms. The molecule has 1 aromatic heterocycles. The molecule has 1 fully saturated rings. The highest BCUT2D eigenvalue weighted by Gasteiger charge is 2.25. The standard InChI is InChI=1S/C10H13ClFNS/c11-9-2-1-8(14-9)10(12)7-3-5-13-6-4-7/h1-2,7,10,13H,3-6H2. The first-order valence-corrected chi connectivity index (χ1v) is 6.07. The lowest BCUT2D eigenvalue weighted by Crippen LogP contribution is -2.29. The zero-order chi connectivity index (χ0) is 9.97. The van der Waals surface area contributed by atoms with Gasteiger partial charge >= 0.3 is 0 Å². The SMILES string of the molecule is FC(c1ccc(Cl)s1)C1CCNCC1. The van der Waals surface area contributed by atoms with Crippen molar-refractivity contribution in [2.75, 3.05) is 13.1 Å². The van der Waals surface area contributed by atoms with Crippen LogP contribution in [-0.4, -0.2) is 13.1 Å². The zero-order valence-corrected chi connectivity index (χ0v) is 9.37. The normalized spacial score (nSPS) is 21.0. The summed E-state index contributed by atoms with van der Waals surface area (Å²) in [5, 5.41) is 3.24. The fraction of sp³-hybridized carbons (Fsp3) is 0.600. The first-order chi connectivity index (χ1) is 6.77. The summed E-state index contributed by atoms with van der Waals surface area (Å²) in [4.78, 5) is 0.780. The van der Waals surface area contributed by atoms with Crippen molar-refractivity contribution in [3.8, 4) is 0 Å². The van der Waals surface area contributed by atoms with Crippen LogP contribution in [0.15, 0.2) is 12.1 Å². The lowest BCUT2D eigenvalue weighted by atomic mass is 9.92. The van der Waals surface area contributed by atoms with Crippen molar-refractivity contribution < 1.29 is 4.39 Å². The number of piperidine rings is 1. The number of thiophene rings is 1. The topological polar surface area (TPSA) is 12.0 Å². The van der Waals surface area contributed by atoms with Gasteiger partial charge in [-0.2, -0.15) is 0 Å². The largest absolute Gasteiger partial charge is 0.317 e. The van der Waals surface area contributed by atoms with E-state index < -0.39 is 6.17 Å². The highest BCUT2D eigenvalue weighted by atomic mass is 35.5. The van der Waals surface area contributed by atoms with E-state index in [1.807, 2.05) is 0 Å². The fourth-order valence-electron chi connectivity index (χ4n) is 1.85. The van der Waals surface area contributed by atoms with Crippen LogP contribution >= 0.6 is 22.9 Å². The molecular formula is C10H13ClFNS. The maximum Gasteiger partial charge on any atom is 0.137 e. The Labute approximate surface area is 92.3 Å². The Balaban J connectivity index is 2.03. The quantitative estimate of drug-likeness (QED) is 0.826. The zero-order valence-electron chi connectivity index (χ0n) is 7.80. The molecule has 1 aliphatic rings. The second-order valence-corrected chi connectivity index (χ2v) is 5.38. The van der Waals surface area contributed by atoms with E-state index in [2.05, 4.69) is 5.32 Å². The highest BCUT2D eigenvalue weighted by molar-refractivity contribution is 7.16. The highest BCUT2D eigenvalue weighted by Crippen LogP contribution is 2.37. The molecule has 1 unspecified atom stereocenters. The monoisotopic (exact) mass is 233 g/mol. The van der Waals surface area contributed by atoms with Gasteiger partial charge in [-0.3, -0.25) is 0 Å². The molecular weight excluding hydrogens is 221 g/mol. The molecule has 0 spiro atoms. The van der Waals surface area contributed by atoms with Crippen molar-refractivity contribution in [3.63, 3.8) is 0 Å². The first-order valence-electron chi connectivity index (χ1n) is 4.87. The molecule has 0 aromatic carbocycles. The van der Waals surface area contributed by atoms with E-state index in [1.54, 1.807) is 12.1 Å². The molecule has 2 heterocycles. The van der Waals surface area contributed by atoms with Crippen LogP contribution in [0.2, 0.25) is 4.34 Å². The third-order valence-corrected chi connectivity index (χ3v) is 3.95. The summed E-state index contributed by atoms with van der Waals surface area (Å²) in [6.07, 6.45) is 1.03. The average molecular weight is 234 g/mol. The number of alkyl halides is 1. The third-order valence-electron chi connectivity index (χ3n) is 2.66. The Morgan fingerprint density at radius 3 is 2.71 bits per heavy atom. The maximum absolute atomic E-state index is 14.0. The van der Waals surface area contributed by atoms with E-state index >= 15 is 0 Å². The van der Waals surface area contributed by atoms with Crippen molar-refractivity contribution in [2.24, 2.45) is 5.92 Å². The summed E-state index contributed by atoms with van der Waals surface area (Å²) in [6.45, 7) is 1.87. The first kappa shape index (κ1) is 10.4. The van der Waals surface area contributed by atoms with Crippen LogP contribution in [0, 0.1) is 5.92 Å². The summed E-state index contributed by atoms with van der Waals surface area (Å²) in [6, 6.07) is 3.58. The van der Waals surface area contributed by atoms with Gasteiger partial charge in [0.1, 0.15) is 6.17 Å². The average Bonchev–Trinajstić information content (AvgIpc) is 2.65. The van der Waals surface area contributed by atoms with Crippen molar-refractivity contribution in [2.45, 2.75) is 19.0 Å². The molecule has 0 aliphatic carbocycles. The summed E-state index contributed by atoms with van der Waals surface area (Å²) in [5.74, 6) is 0.172. The van der Waals surface area contributed by atoms with Gasteiger partial charge in [0, 0.05) is 4.88 Å². The Kier molecular flexibility index (Phi) is 3.42. The molecule has 14 heavy (non-hydrogen) atoms. The van der Waals surface area contributed by atoms with Crippen LogP contribution in [0.1, 0.15) is 23.9 Å². The molecule has 0 saturated carbocycles. The maximum atomic E-state index is 14.0. The van der Waals surface area contributed by atoms with Gasteiger partial charge in [0.05, 0.1) is 4.34 Å². The number of rotatable bonds is 2. The minimum absolute atomic E-state index is 0.172. The summed E-state index contributed by atoms with van der Waals surface area (Å²) < 4.78 is 14.6. The predicted octanol–water partition coefficient (Wildman–Crippen LogP) is 3.41. The van der Waals surface area contributed by atoms with Gasteiger partial charge in [0.15, 0.2) is 0 Å². The number of nitrogens with one attached hydrogen (secondary N) is 1. The van der Waals surface area contributed by atoms with Gasteiger partial charge in [0.2, 0.25) is 0 Å². The van der Waals surface area contributed by atoms with Gasteiger partial charge < -0.3 is 5.32 Å². The van der Waals surface area contributed by atoms with E-state index in [4.69, 9.17) is 11.6 Å². The number of hydrogen-bond acceptors (Lipinski definition) is 2. The molecule has 0 bridgehead atoms. The van der Waals surface area contributed by atoms with Crippen molar-refractivity contribution in [3.05, 3.63) is 21.3 Å². The Hall–Kier alpha value is -0.120. The van der Waals surface area contributed by atoms with E-state index in [0.717, 1.165) is 30.8 Å². The Morgan fingerprint density at radius 1 is 1.43 bits per heavy atom. The van der Waals surface area contributed by atoms with Gasteiger partial charge in [-0.15, -0.1) is 11.3 Å². The molecule has 0 amide bonds. The van der Waals surface area contributed by atoms with Crippen molar-refractivity contribution in [1.29, 1.82) is 0 Å². The summed E-state index contributed by atoms with van der Waals surface area (Å²) in [5.41, 5.74) is 0. The minimum Gasteiger partial charge on any atom is -0.317 e. The Morgan fingerprint density at radius 2 is 2.14 bits per heavy atom. The second kappa shape index (κ2) is 4.60. The summed E-state index contributed by atoms with van der Waals surface area (Å²) >= 11 is 7.14. The molecule has 1 aliphatic heterocycles. The second-order valence-electron chi connectivity index (χ2n) is 3.63. The fourth-order valence-corrected chi connectivity index (χ4v) is 2.98. The molecule has 1 atom stereocenters. The van der Waals surface area contributed by atoms with E-state index in [0.29, 0.717) is 4.34 Å². The van der Waals surface area contributed by atoms with Crippen LogP contribution in [0.3, 0.4) is 0 Å². The lowest BCUT2D eigenvalue weighted by Gasteiger charge is -2.24. The molecule has 2 rings (SSSR count). The van der Waals surface area contributed by atoms with Crippen molar-refractivity contribution >= 4 is 22.9 Å². The molecule has 1 saturated heterocycles. The summed E-state index contributed by atoms with van der Waals surface area (Å²) in [7, 11) is 0. The molecule has 1 aromatic rings. The van der Waals surface area contributed by atoms with Crippen LogP contribution in [-0.2, 0) is 0 Å². The number of hydrogen-bond donors (Lipinski definition) is 1. The predicted molar refractivity (Wildman–Crippen MR) is 58.8 cm³/mol. The van der Waals surface area contributed by atoms with Crippen LogP contribution in [0.5, 0.6) is 0 Å². The van der Waals surface area contributed by atoms with E-state index in [-0.39, 0.29) is 5.92 Å². The van der Waals surface area contributed by atoms with E-state index in [1.165, 1.54) is 11.3 Å². The van der Waals surface area contributed by atoms with Gasteiger partial charge in [-0.25, -0.2) is 4.39 Å². The van der Waals surface area contributed by atoms with Gasteiger partial charge in [-0.05, 0) is 44.0 Å². The van der Waals surface area contributed by atoms with Crippen molar-refractivity contribution in [1.82, 2.24) is 5.32 Å². The van der Waals surface area contributed by atoms with E-state index in [9.17, 15) is 4.39 Å². The molecule has 78 valence electrons. The smallest absolute Gasteiger partial charge is 0.137 e. The van der Waals surface area contributed by atoms with Crippen LogP contribution in [0.25, 0.3) is 0 Å². The minimum atomic E-state index is -0.824. The molecule has 1 N–H and O–H groups in total. The molecule has 0 radical (unpaired) electrons. The van der Waals surface area contributed by atoms with Gasteiger partial charge in [-0.1, -0.05) is 11.6 Å². The van der Waals surface area contributed by atoms with Crippen LogP contribution < -0.4 is 5.32 Å². The van der Waals surface area contributed by atoms with Gasteiger partial charge in [0.25, 0.3) is 0 Å². The third kappa shape index (κ3) is 2.27. The number of halogens is 2.